The quantitative estimate of drug-likeness (QED) is 0.212. The van der Waals surface area contributed by atoms with Crippen LogP contribution in [0.25, 0.3) is 48.9 Å². The van der Waals surface area contributed by atoms with Crippen LogP contribution in [0.3, 0.4) is 0 Å². The van der Waals surface area contributed by atoms with Crippen LogP contribution in [0.15, 0.2) is 142 Å². The Balaban J connectivity index is 1.36. The van der Waals surface area contributed by atoms with Gasteiger partial charge in [-0.15, -0.1) is 0 Å². The van der Waals surface area contributed by atoms with E-state index in [4.69, 9.17) is 20.1 Å². The Morgan fingerprint density at radius 1 is 0.721 bits per heavy atom. The molecule has 6 aromatic carbocycles. The molecular weight excluding hydrogens is 528 g/mol. The number of nitrogens with two attached hydrogens (primary N) is 1. The summed E-state index contributed by atoms with van der Waals surface area (Å²) in [4.78, 5) is 10.4. The average Bonchev–Trinajstić information content (AvgIpc) is 3.40. The number of benzene rings is 6. The van der Waals surface area contributed by atoms with Crippen LogP contribution in [-0.2, 0) is 0 Å². The molecule has 206 valence electrons. The molecule has 0 fully saturated rings. The highest BCUT2D eigenvalue weighted by atomic mass is 16.3. The molecule has 5 heteroatoms. The molecule has 43 heavy (non-hydrogen) atoms. The van der Waals surface area contributed by atoms with E-state index in [0.717, 1.165) is 38.6 Å². The number of rotatable bonds is 4. The summed E-state index contributed by atoms with van der Waals surface area (Å²) in [6.45, 7) is 2.00. The summed E-state index contributed by atoms with van der Waals surface area (Å²) in [6, 6.07) is 41.9. The number of hydrogen-bond donors (Lipinski definition) is 2. The highest BCUT2D eigenvalue weighted by Crippen LogP contribution is 2.37. The maximum atomic E-state index is 6.48. The Morgan fingerprint density at radius 3 is 2.30 bits per heavy atom. The van der Waals surface area contributed by atoms with E-state index in [2.05, 4.69) is 84.2 Å². The van der Waals surface area contributed by atoms with E-state index in [-0.39, 0.29) is 6.17 Å². The molecule has 0 radical (unpaired) electrons. The fraction of sp³-hybridized carbons (Fsp3) is 0.0526. The van der Waals surface area contributed by atoms with Gasteiger partial charge in [0.15, 0.2) is 11.7 Å². The van der Waals surface area contributed by atoms with E-state index in [0.29, 0.717) is 17.6 Å². The number of anilines is 1. The summed E-state index contributed by atoms with van der Waals surface area (Å²) in [5.74, 6) is 1.73. The number of fused-ring (bicyclic) bond motifs is 6. The molecule has 0 bridgehead atoms. The minimum atomic E-state index is -0.338. The normalized spacial score (nSPS) is 15.6. The number of nitrogens with one attached hydrogen (secondary N) is 1. The first-order chi connectivity index (χ1) is 21.2. The van der Waals surface area contributed by atoms with Crippen LogP contribution in [0.4, 0.5) is 5.88 Å². The average molecular weight is 557 g/mol. The molecule has 0 spiro atoms. The molecule has 1 aromatic heterocycles. The second-order valence-corrected chi connectivity index (χ2v) is 10.8. The van der Waals surface area contributed by atoms with Gasteiger partial charge in [-0.1, -0.05) is 121 Å². The molecule has 0 aliphatic carbocycles. The zero-order valence-electron chi connectivity index (χ0n) is 23.6. The standard InChI is InChI=1S/C38H28N4O/c1-2-26(34-31-15-8-9-18-32(31)43-35(34)39)37-40-36(25-12-4-3-5-13-25)41-38(42-37)30-17-10-16-29-28(30)22-21-24-20-19-23-11-6-7-14-27(23)33(24)29/h2-22,36H,39H2,1H3,(H,40,41,42)/b26-2+. The van der Waals surface area contributed by atoms with Crippen molar-refractivity contribution in [2.24, 2.45) is 9.98 Å². The number of para-hydroxylation sites is 1. The van der Waals surface area contributed by atoms with Crippen molar-refractivity contribution in [3.8, 4) is 0 Å². The lowest BCUT2D eigenvalue weighted by atomic mass is 9.94. The van der Waals surface area contributed by atoms with Crippen molar-refractivity contribution in [1.29, 1.82) is 0 Å². The predicted molar refractivity (Wildman–Crippen MR) is 180 cm³/mol. The lowest BCUT2D eigenvalue weighted by molar-refractivity contribution is 0.636. The largest absolute Gasteiger partial charge is 0.440 e. The highest BCUT2D eigenvalue weighted by molar-refractivity contribution is 6.32. The zero-order valence-corrected chi connectivity index (χ0v) is 23.6. The molecule has 0 saturated heterocycles. The van der Waals surface area contributed by atoms with Crippen LogP contribution in [0, 0.1) is 0 Å². The monoisotopic (exact) mass is 556 g/mol. The molecular formula is C38H28N4O. The third-order valence-electron chi connectivity index (χ3n) is 8.30. The first kappa shape index (κ1) is 25.1. The highest BCUT2D eigenvalue weighted by Gasteiger charge is 2.26. The number of nitrogens with zero attached hydrogens (tertiary/aromatic N) is 2. The van der Waals surface area contributed by atoms with Gasteiger partial charge in [-0.3, -0.25) is 0 Å². The van der Waals surface area contributed by atoms with Crippen LogP contribution in [0.5, 0.6) is 0 Å². The van der Waals surface area contributed by atoms with Gasteiger partial charge in [0.1, 0.15) is 17.6 Å². The van der Waals surface area contributed by atoms with Crippen molar-refractivity contribution in [3.63, 3.8) is 0 Å². The summed E-state index contributed by atoms with van der Waals surface area (Å²) in [6.07, 6.45) is 1.70. The van der Waals surface area contributed by atoms with Crippen molar-refractivity contribution >= 4 is 66.4 Å². The van der Waals surface area contributed by atoms with Gasteiger partial charge in [-0.25, -0.2) is 9.98 Å². The van der Waals surface area contributed by atoms with Crippen LogP contribution in [0.2, 0.25) is 0 Å². The Labute approximate surface area is 248 Å². The smallest absolute Gasteiger partial charge is 0.199 e. The Hall–Kier alpha value is -5.68. The Morgan fingerprint density at radius 2 is 1.44 bits per heavy atom. The van der Waals surface area contributed by atoms with Crippen LogP contribution in [-0.4, -0.2) is 11.7 Å². The molecule has 8 rings (SSSR count). The summed E-state index contributed by atoms with van der Waals surface area (Å²) in [5, 5.41) is 11.7. The van der Waals surface area contributed by atoms with Gasteiger partial charge in [0, 0.05) is 16.5 Å². The van der Waals surface area contributed by atoms with E-state index in [1.165, 1.54) is 26.9 Å². The molecule has 7 aromatic rings. The van der Waals surface area contributed by atoms with Gasteiger partial charge < -0.3 is 15.5 Å². The van der Waals surface area contributed by atoms with Crippen LogP contribution < -0.4 is 11.1 Å². The summed E-state index contributed by atoms with van der Waals surface area (Å²) < 4.78 is 5.95. The van der Waals surface area contributed by atoms with Gasteiger partial charge in [0.05, 0.1) is 5.56 Å². The Bertz CT molecular complexity index is 2290. The molecule has 1 aliphatic rings. The van der Waals surface area contributed by atoms with Gasteiger partial charge in [-0.2, -0.15) is 0 Å². The number of aliphatic imine (C=N–C) groups is 2. The summed E-state index contributed by atoms with van der Waals surface area (Å²) >= 11 is 0. The minimum absolute atomic E-state index is 0.338. The molecule has 0 saturated carbocycles. The minimum Gasteiger partial charge on any atom is -0.440 e. The van der Waals surface area contributed by atoms with Crippen molar-refractivity contribution in [2.45, 2.75) is 13.1 Å². The molecule has 1 unspecified atom stereocenters. The van der Waals surface area contributed by atoms with E-state index >= 15 is 0 Å². The second-order valence-electron chi connectivity index (χ2n) is 10.8. The number of furan rings is 1. The fourth-order valence-corrected chi connectivity index (χ4v) is 6.31. The fourth-order valence-electron chi connectivity index (χ4n) is 6.31. The predicted octanol–water partition coefficient (Wildman–Crippen LogP) is 9.03. The SMILES string of the molecule is C/C=C(/C1=NC(c2cccc3c2ccc2ccc4ccccc4c23)=NC(c2ccccc2)N1)c1c(N)oc2ccccc12. The van der Waals surface area contributed by atoms with Crippen molar-refractivity contribution in [3.05, 3.63) is 144 Å². The van der Waals surface area contributed by atoms with E-state index in [9.17, 15) is 0 Å². The second kappa shape index (κ2) is 10.00. The molecule has 5 nitrogen and oxygen atoms in total. The summed E-state index contributed by atoms with van der Waals surface area (Å²) in [5.41, 5.74) is 10.9. The van der Waals surface area contributed by atoms with Crippen molar-refractivity contribution in [2.75, 3.05) is 5.73 Å². The van der Waals surface area contributed by atoms with Gasteiger partial charge in [0.2, 0.25) is 0 Å². The van der Waals surface area contributed by atoms with Crippen molar-refractivity contribution < 1.29 is 4.42 Å². The van der Waals surface area contributed by atoms with Crippen LogP contribution in [0.1, 0.15) is 29.8 Å². The maximum Gasteiger partial charge on any atom is 0.199 e. The zero-order chi connectivity index (χ0) is 28.9. The first-order valence-corrected chi connectivity index (χ1v) is 14.5. The topological polar surface area (TPSA) is 75.9 Å². The lowest BCUT2D eigenvalue weighted by Crippen LogP contribution is -2.33. The number of amidine groups is 2. The molecule has 1 atom stereocenters. The lowest BCUT2D eigenvalue weighted by Gasteiger charge is -2.25. The van der Waals surface area contributed by atoms with Gasteiger partial charge in [0.25, 0.3) is 0 Å². The molecule has 0 amide bonds. The van der Waals surface area contributed by atoms with E-state index in [1.54, 1.807) is 0 Å². The van der Waals surface area contributed by atoms with Crippen molar-refractivity contribution in [1.82, 2.24) is 5.32 Å². The molecule has 1 aliphatic heterocycles. The molecule has 2 heterocycles. The maximum absolute atomic E-state index is 6.48. The molecule has 3 N–H and O–H groups in total. The number of nitrogen functional groups attached to an aromatic ring is 1. The van der Waals surface area contributed by atoms with Gasteiger partial charge >= 0.3 is 0 Å². The van der Waals surface area contributed by atoms with E-state index < -0.39 is 0 Å². The number of hydrogen-bond acceptors (Lipinski definition) is 5. The van der Waals surface area contributed by atoms with E-state index in [1.807, 2.05) is 55.5 Å². The van der Waals surface area contributed by atoms with Gasteiger partial charge in [-0.05, 0) is 50.9 Å². The Kier molecular flexibility index (Phi) is 5.83. The third kappa shape index (κ3) is 4.09. The number of allylic oxidation sites excluding steroid dienone is 1. The third-order valence-corrected chi connectivity index (χ3v) is 8.30. The first-order valence-electron chi connectivity index (χ1n) is 14.5. The summed E-state index contributed by atoms with van der Waals surface area (Å²) in [7, 11) is 0. The van der Waals surface area contributed by atoms with Crippen LogP contribution >= 0.6 is 0 Å².